The van der Waals surface area contributed by atoms with E-state index in [-0.39, 0.29) is 11.1 Å². The zero-order valence-electron chi connectivity index (χ0n) is 10.3. The molecule has 0 bridgehead atoms. The van der Waals surface area contributed by atoms with Gasteiger partial charge in [0.2, 0.25) is 5.89 Å². The molecule has 1 saturated heterocycles. The van der Waals surface area contributed by atoms with Gasteiger partial charge in [-0.15, -0.1) is 0 Å². The van der Waals surface area contributed by atoms with Crippen LogP contribution in [0.4, 0.5) is 4.39 Å². The number of fused-ring (bicyclic) bond motifs is 1. The number of hydrogen-bond acceptors (Lipinski definition) is 4. The summed E-state index contributed by atoms with van der Waals surface area (Å²) in [6.45, 7) is 2.25. The van der Waals surface area contributed by atoms with Crippen LogP contribution in [-0.4, -0.2) is 24.2 Å². The Morgan fingerprint density at radius 3 is 3.00 bits per heavy atom. The van der Waals surface area contributed by atoms with Gasteiger partial charge in [0.15, 0.2) is 5.58 Å². The first-order valence-corrected chi connectivity index (χ1v) is 6.67. The lowest BCUT2D eigenvalue weighted by Gasteiger charge is -2.22. The highest BCUT2D eigenvalue weighted by molar-refractivity contribution is 6.31. The van der Waals surface area contributed by atoms with E-state index >= 15 is 0 Å². The fourth-order valence-corrected chi connectivity index (χ4v) is 2.34. The molecule has 6 heteroatoms. The molecule has 0 saturated carbocycles. The first-order valence-electron chi connectivity index (χ1n) is 6.29. The van der Waals surface area contributed by atoms with E-state index in [0.29, 0.717) is 23.6 Å². The predicted molar refractivity (Wildman–Crippen MR) is 69.7 cm³/mol. The summed E-state index contributed by atoms with van der Waals surface area (Å²) in [4.78, 5) is 4.24. The van der Waals surface area contributed by atoms with Crippen LogP contribution in [0.2, 0.25) is 5.02 Å². The van der Waals surface area contributed by atoms with Gasteiger partial charge in [0.25, 0.3) is 0 Å². The molecule has 102 valence electrons. The summed E-state index contributed by atoms with van der Waals surface area (Å²) in [5, 5.41) is 3.32. The second kappa shape index (κ2) is 5.45. The third-order valence-electron chi connectivity index (χ3n) is 3.20. The highest BCUT2D eigenvalue weighted by Crippen LogP contribution is 2.24. The molecule has 0 aliphatic carbocycles. The van der Waals surface area contributed by atoms with Gasteiger partial charge in [0.1, 0.15) is 17.9 Å². The van der Waals surface area contributed by atoms with E-state index in [0.717, 1.165) is 25.9 Å². The zero-order chi connectivity index (χ0) is 13.2. The van der Waals surface area contributed by atoms with Crippen molar-refractivity contribution in [3.8, 4) is 0 Å². The number of halogens is 2. The number of rotatable bonds is 3. The van der Waals surface area contributed by atoms with Crippen LogP contribution in [0.25, 0.3) is 11.1 Å². The number of piperidine rings is 1. The lowest BCUT2D eigenvalue weighted by atomic mass is 10.1. The summed E-state index contributed by atoms with van der Waals surface area (Å²) >= 11 is 5.70. The van der Waals surface area contributed by atoms with Crippen LogP contribution in [0.15, 0.2) is 16.5 Å². The van der Waals surface area contributed by atoms with E-state index in [4.69, 9.17) is 20.8 Å². The molecule has 2 aromatic rings. The van der Waals surface area contributed by atoms with Gasteiger partial charge in [-0.2, -0.15) is 0 Å². The van der Waals surface area contributed by atoms with Crippen LogP contribution in [0.3, 0.4) is 0 Å². The minimum absolute atomic E-state index is 0.0478. The maximum absolute atomic E-state index is 13.3. The molecule has 0 radical (unpaired) electrons. The molecule has 1 N–H and O–H groups in total. The molecule has 1 aromatic heterocycles. The maximum Gasteiger partial charge on any atom is 0.221 e. The maximum atomic E-state index is 13.3. The van der Waals surface area contributed by atoms with Gasteiger partial charge in [-0.1, -0.05) is 11.6 Å². The van der Waals surface area contributed by atoms with Crippen molar-refractivity contribution in [2.24, 2.45) is 0 Å². The number of nitrogens with one attached hydrogen (secondary N) is 1. The zero-order valence-corrected chi connectivity index (χ0v) is 11.0. The van der Waals surface area contributed by atoms with Crippen LogP contribution in [-0.2, 0) is 11.3 Å². The van der Waals surface area contributed by atoms with Crippen LogP contribution >= 0.6 is 11.6 Å². The standard InChI is InChI=1S/C13H14ClFN2O2/c14-9-5-11-12(6-10(9)15)19-13(17-11)7-18-8-1-3-16-4-2-8/h5-6,8,16H,1-4,7H2. The molecule has 1 aliphatic rings. The fourth-order valence-electron chi connectivity index (χ4n) is 2.18. The van der Waals surface area contributed by atoms with Gasteiger partial charge in [0, 0.05) is 6.07 Å². The Balaban J connectivity index is 1.70. The molecular weight excluding hydrogens is 271 g/mol. The number of hydrogen-bond donors (Lipinski definition) is 1. The number of oxazole rings is 1. The van der Waals surface area contributed by atoms with Crippen LogP contribution < -0.4 is 5.32 Å². The summed E-state index contributed by atoms with van der Waals surface area (Å²) < 4.78 is 24.5. The average molecular weight is 285 g/mol. The number of aromatic nitrogens is 1. The summed E-state index contributed by atoms with van der Waals surface area (Å²) in [5.74, 6) is -0.0497. The monoisotopic (exact) mass is 284 g/mol. The largest absolute Gasteiger partial charge is 0.438 e. The van der Waals surface area contributed by atoms with Gasteiger partial charge in [-0.05, 0) is 32.0 Å². The second-order valence-corrected chi connectivity index (χ2v) is 5.01. The van der Waals surface area contributed by atoms with Gasteiger partial charge < -0.3 is 14.5 Å². The van der Waals surface area contributed by atoms with Crippen LogP contribution in [0.5, 0.6) is 0 Å². The first-order chi connectivity index (χ1) is 9.22. The van der Waals surface area contributed by atoms with Crippen LogP contribution in [0.1, 0.15) is 18.7 Å². The number of benzene rings is 1. The number of nitrogens with zero attached hydrogens (tertiary/aromatic N) is 1. The van der Waals surface area contributed by atoms with Crippen molar-refractivity contribution in [2.75, 3.05) is 13.1 Å². The molecule has 1 aliphatic heterocycles. The Morgan fingerprint density at radius 2 is 2.21 bits per heavy atom. The second-order valence-electron chi connectivity index (χ2n) is 4.60. The van der Waals surface area contributed by atoms with Crippen molar-refractivity contribution in [2.45, 2.75) is 25.6 Å². The Morgan fingerprint density at radius 1 is 1.42 bits per heavy atom. The molecule has 4 nitrogen and oxygen atoms in total. The van der Waals surface area contributed by atoms with Crippen molar-refractivity contribution < 1.29 is 13.5 Å². The summed E-state index contributed by atoms with van der Waals surface area (Å²) in [6, 6.07) is 2.71. The molecule has 0 amide bonds. The highest BCUT2D eigenvalue weighted by atomic mass is 35.5. The van der Waals surface area contributed by atoms with Gasteiger partial charge in [0.05, 0.1) is 11.1 Å². The van der Waals surface area contributed by atoms with E-state index in [9.17, 15) is 4.39 Å². The number of ether oxygens (including phenoxy) is 1. The van der Waals surface area contributed by atoms with E-state index in [1.807, 2.05) is 0 Å². The third-order valence-corrected chi connectivity index (χ3v) is 3.49. The first kappa shape index (κ1) is 12.8. The lowest BCUT2D eigenvalue weighted by molar-refractivity contribution is 0.0113. The summed E-state index contributed by atoms with van der Waals surface area (Å²) in [6.07, 6.45) is 2.21. The molecule has 1 aromatic carbocycles. The summed E-state index contributed by atoms with van der Waals surface area (Å²) in [7, 11) is 0. The fraction of sp³-hybridized carbons (Fsp3) is 0.462. The summed E-state index contributed by atoms with van der Waals surface area (Å²) in [5.41, 5.74) is 0.945. The molecule has 0 unspecified atom stereocenters. The molecule has 19 heavy (non-hydrogen) atoms. The van der Waals surface area contributed by atoms with Gasteiger partial charge >= 0.3 is 0 Å². The minimum Gasteiger partial charge on any atom is -0.438 e. The highest BCUT2D eigenvalue weighted by Gasteiger charge is 2.15. The lowest BCUT2D eigenvalue weighted by Crippen LogP contribution is -2.32. The molecule has 3 rings (SSSR count). The minimum atomic E-state index is -0.504. The average Bonchev–Trinajstić information content (AvgIpc) is 2.80. The molecule has 0 spiro atoms. The molecular formula is C13H14ClFN2O2. The van der Waals surface area contributed by atoms with Crippen molar-refractivity contribution in [3.05, 3.63) is 28.9 Å². The van der Waals surface area contributed by atoms with Crippen molar-refractivity contribution in [1.82, 2.24) is 10.3 Å². The van der Waals surface area contributed by atoms with Crippen molar-refractivity contribution in [3.63, 3.8) is 0 Å². The molecule has 2 heterocycles. The molecule has 0 atom stereocenters. The van der Waals surface area contributed by atoms with E-state index in [1.165, 1.54) is 12.1 Å². The SMILES string of the molecule is Fc1cc2oc(COC3CCNCC3)nc2cc1Cl. The van der Waals surface area contributed by atoms with E-state index in [2.05, 4.69) is 10.3 Å². The smallest absolute Gasteiger partial charge is 0.221 e. The topological polar surface area (TPSA) is 47.3 Å². The van der Waals surface area contributed by atoms with E-state index in [1.54, 1.807) is 0 Å². The van der Waals surface area contributed by atoms with Crippen LogP contribution in [0, 0.1) is 5.82 Å². The van der Waals surface area contributed by atoms with Gasteiger partial charge in [-0.3, -0.25) is 0 Å². The van der Waals surface area contributed by atoms with Crippen molar-refractivity contribution in [1.29, 1.82) is 0 Å². The Labute approximate surface area is 114 Å². The van der Waals surface area contributed by atoms with Crippen molar-refractivity contribution >= 4 is 22.7 Å². The molecule has 1 fully saturated rings. The Bertz CT molecular complexity index is 542. The third kappa shape index (κ3) is 2.88. The quantitative estimate of drug-likeness (QED) is 0.941. The van der Waals surface area contributed by atoms with E-state index < -0.39 is 5.82 Å². The normalized spacial score (nSPS) is 17.2. The predicted octanol–water partition coefficient (Wildman–Crippen LogP) is 2.89. The Hall–Kier alpha value is -1.17. The Kier molecular flexibility index (Phi) is 3.68. The van der Waals surface area contributed by atoms with Gasteiger partial charge in [-0.25, -0.2) is 9.37 Å².